The Hall–Kier alpha value is -1.36. The van der Waals surface area contributed by atoms with Crippen molar-refractivity contribution in [2.24, 2.45) is 5.73 Å². The van der Waals surface area contributed by atoms with Gasteiger partial charge in [0.15, 0.2) is 0 Å². The zero-order valence-electron chi connectivity index (χ0n) is 12.1. The van der Waals surface area contributed by atoms with E-state index < -0.39 is 0 Å². The lowest BCUT2D eigenvalue weighted by Gasteiger charge is -2.30. The van der Waals surface area contributed by atoms with Crippen LogP contribution in [0.25, 0.3) is 0 Å². The van der Waals surface area contributed by atoms with E-state index in [9.17, 15) is 4.79 Å². The average Bonchev–Trinajstić information content (AvgIpc) is 2.66. The van der Waals surface area contributed by atoms with Crippen LogP contribution in [0.1, 0.15) is 50.8 Å². The Balaban J connectivity index is 2.46. The Morgan fingerprint density at radius 3 is 2.89 bits per heavy atom. The van der Waals surface area contributed by atoms with Crippen LogP contribution in [0.3, 0.4) is 0 Å². The van der Waals surface area contributed by atoms with Crippen molar-refractivity contribution in [2.45, 2.75) is 58.5 Å². The van der Waals surface area contributed by atoms with Crippen LogP contribution in [0.4, 0.5) is 0 Å². The molecule has 3 N–H and O–H groups in total. The quantitative estimate of drug-likeness (QED) is 0.836. The number of nitrogens with one attached hydrogen (secondary N) is 1. The van der Waals surface area contributed by atoms with Gasteiger partial charge in [-0.25, -0.2) is 4.98 Å². The molecule has 0 fully saturated rings. The Labute approximate surface area is 114 Å². The van der Waals surface area contributed by atoms with E-state index in [1.54, 1.807) is 0 Å². The molecule has 0 atom stereocenters. The van der Waals surface area contributed by atoms with E-state index >= 15 is 0 Å². The van der Waals surface area contributed by atoms with Gasteiger partial charge < -0.3 is 15.6 Å². The van der Waals surface area contributed by atoms with Gasteiger partial charge in [-0.05, 0) is 20.3 Å². The SMILES string of the molecule is CCCc1nc2c(n1C(C)(C)CC(N)=O)CCNC2. The fraction of sp³-hybridized carbons (Fsp3) is 0.714. The highest BCUT2D eigenvalue weighted by Crippen LogP contribution is 2.28. The normalized spacial score (nSPS) is 15.3. The Morgan fingerprint density at radius 2 is 2.26 bits per heavy atom. The predicted molar refractivity (Wildman–Crippen MR) is 74.8 cm³/mol. The van der Waals surface area contributed by atoms with Crippen molar-refractivity contribution in [3.8, 4) is 0 Å². The molecule has 0 bridgehead atoms. The number of aromatic nitrogens is 2. The zero-order chi connectivity index (χ0) is 14.0. The second-order valence-electron chi connectivity index (χ2n) is 5.89. The van der Waals surface area contributed by atoms with Gasteiger partial charge in [-0.2, -0.15) is 0 Å². The molecule has 2 heterocycles. The molecular weight excluding hydrogens is 240 g/mol. The molecule has 0 saturated carbocycles. The van der Waals surface area contributed by atoms with Gasteiger partial charge in [0.2, 0.25) is 5.91 Å². The second kappa shape index (κ2) is 5.33. The third kappa shape index (κ3) is 2.81. The first-order valence-corrected chi connectivity index (χ1v) is 7.04. The molecule has 106 valence electrons. The molecule has 2 rings (SSSR count). The molecule has 1 amide bonds. The number of amides is 1. The molecule has 5 heteroatoms. The van der Waals surface area contributed by atoms with Crippen molar-refractivity contribution in [3.63, 3.8) is 0 Å². The van der Waals surface area contributed by atoms with E-state index in [4.69, 9.17) is 10.7 Å². The summed E-state index contributed by atoms with van der Waals surface area (Å²) < 4.78 is 2.26. The minimum absolute atomic E-state index is 0.260. The predicted octanol–water partition coefficient (Wildman–Crippen LogP) is 1.09. The van der Waals surface area contributed by atoms with Gasteiger partial charge in [-0.3, -0.25) is 4.79 Å². The molecule has 0 aliphatic carbocycles. The first kappa shape index (κ1) is 14.1. The average molecular weight is 264 g/mol. The van der Waals surface area contributed by atoms with E-state index in [1.807, 2.05) is 0 Å². The minimum Gasteiger partial charge on any atom is -0.370 e. The second-order valence-corrected chi connectivity index (χ2v) is 5.89. The van der Waals surface area contributed by atoms with Crippen molar-refractivity contribution in [2.75, 3.05) is 6.54 Å². The number of imidazole rings is 1. The minimum atomic E-state index is -0.297. The van der Waals surface area contributed by atoms with Crippen molar-refractivity contribution in [3.05, 3.63) is 17.2 Å². The van der Waals surface area contributed by atoms with E-state index in [1.165, 1.54) is 5.69 Å². The lowest BCUT2D eigenvalue weighted by atomic mass is 9.98. The van der Waals surface area contributed by atoms with E-state index in [0.29, 0.717) is 6.42 Å². The standard InChI is InChI=1S/C14H24N4O/c1-4-5-13-17-10-9-16-7-6-11(10)18(13)14(2,3)8-12(15)19/h16H,4-9H2,1-3H3,(H2,15,19). The molecule has 0 radical (unpaired) electrons. The number of carbonyl (C=O) groups excluding carboxylic acids is 1. The van der Waals surface area contributed by atoms with Gasteiger partial charge >= 0.3 is 0 Å². The summed E-state index contributed by atoms with van der Waals surface area (Å²) in [5, 5.41) is 3.35. The molecular formula is C14H24N4O. The summed E-state index contributed by atoms with van der Waals surface area (Å²) in [5.74, 6) is 0.825. The number of nitrogens with zero attached hydrogens (tertiary/aromatic N) is 2. The van der Waals surface area contributed by atoms with Crippen LogP contribution < -0.4 is 11.1 Å². The van der Waals surface area contributed by atoms with E-state index in [2.05, 4.69) is 30.7 Å². The summed E-state index contributed by atoms with van der Waals surface area (Å²) in [7, 11) is 0. The van der Waals surface area contributed by atoms with Crippen LogP contribution >= 0.6 is 0 Å². The van der Waals surface area contributed by atoms with Crippen molar-refractivity contribution in [1.29, 1.82) is 0 Å². The fourth-order valence-corrected chi connectivity index (χ4v) is 2.98. The van der Waals surface area contributed by atoms with Crippen LogP contribution in [0.15, 0.2) is 0 Å². The van der Waals surface area contributed by atoms with Crippen molar-refractivity contribution in [1.82, 2.24) is 14.9 Å². The first-order chi connectivity index (χ1) is 8.95. The molecule has 1 aliphatic rings. The molecule has 1 aromatic heterocycles. The summed E-state index contributed by atoms with van der Waals surface area (Å²) in [6.07, 6.45) is 3.30. The van der Waals surface area contributed by atoms with Gasteiger partial charge in [-0.15, -0.1) is 0 Å². The maximum atomic E-state index is 11.3. The fourth-order valence-electron chi connectivity index (χ4n) is 2.98. The number of rotatable bonds is 5. The number of aryl methyl sites for hydroxylation is 1. The molecule has 0 spiro atoms. The maximum absolute atomic E-state index is 11.3. The largest absolute Gasteiger partial charge is 0.370 e. The number of carbonyl (C=O) groups is 1. The highest BCUT2D eigenvalue weighted by atomic mass is 16.1. The van der Waals surface area contributed by atoms with Crippen LogP contribution in [-0.4, -0.2) is 22.0 Å². The van der Waals surface area contributed by atoms with Crippen LogP contribution in [-0.2, 0) is 29.7 Å². The van der Waals surface area contributed by atoms with Gasteiger partial charge in [0.25, 0.3) is 0 Å². The highest BCUT2D eigenvalue weighted by molar-refractivity contribution is 5.74. The summed E-state index contributed by atoms with van der Waals surface area (Å²) in [6.45, 7) is 8.09. The molecule has 0 unspecified atom stereocenters. The van der Waals surface area contributed by atoms with Crippen LogP contribution in [0.5, 0.6) is 0 Å². The molecule has 0 saturated heterocycles. The third-order valence-corrected chi connectivity index (χ3v) is 3.64. The molecule has 0 aromatic carbocycles. The zero-order valence-corrected chi connectivity index (χ0v) is 12.1. The summed E-state index contributed by atoms with van der Waals surface area (Å²) in [5.41, 5.74) is 7.51. The monoisotopic (exact) mass is 264 g/mol. The van der Waals surface area contributed by atoms with Gasteiger partial charge in [0.05, 0.1) is 5.69 Å². The van der Waals surface area contributed by atoms with Crippen LogP contribution in [0.2, 0.25) is 0 Å². The number of hydrogen-bond acceptors (Lipinski definition) is 3. The van der Waals surface area contributed by atoms with Gasteiger partial charge in [-0.1, -0.05) is 6.92 Å². The summed E-state index contributed by atoms with van der Waals surface area (Å²) in [4.78, 5) is 16.1. The van der Waals surface area contributed by atoms with E-state index in [-0.39, 0.29) is 11.4 Å². The third-order valence-electron chi connectivity index (χ3n) is 3.64. The topological polar surface area (TPSA) is 72.9 Å². The molecule has 19 heavy (non-hydrogen) atoms. The lowest BCUT2D eigenvalue weighted by molar-refractivity contribution is -0.119. The highest BCUT2D eigenvalue weighted by Gasteiger charge is 2.30. The Bertz CT molecular complexity index is 476. The molecule has 1 aromatic rings. The van der Waals surface area contributed by atoms with Crippen LogP contribution in [0, 0.1) is 0 Å². The Morgan fingerprint density at radius 1 is 1.53 bits per heavy atom. The number of fused-ring (bicyclic) bond motifs is 1. The van der Waals surface area contributed by atoms with Gasteiger partial charge in [0.1, 0.15) is 5.82 Å². The smallest absolute Gasteiger partial charge is 0.219 e. The number of primary amides is 1. The number of nitrogens with two attached hydrogens (primary N) is 1. The molecule has 5 nitrogen and oxygen atoms in total. The van der Waals surface area contributed by atoms with E-state index in [0.717, 1.165) is 43.9 Å². The molecule has 1 aliphatic heterocycles. The maximum Gasteiger partial charge on any atom is 0.219 e. The van der Waals surface area contributed by atoms with Crippen molar-refractivity contribution >= 4 is 5.91 Å². The summed E-state index contributed by atoms with van der Waals surface area (Å²) >= 11 is 0. The van der Waals surface area contributed by atoms with Gasteiger partial charge in [0, 0.05) is 43.6 Å². The summed E-state index contributed by atoms with van der Waals surface area (Å²) in [6, 6.07) is 0. The Kier molecular flexibility index (Phi) is 3.94. The first-order valence-electron chi connectivity index (χ1n) is 7.04. The number of hydrogen-bond donors (Lipinski definition) is 2. The van der Waals surface area contributed by atoms with Crippen molar-refractivity contribution < 1.29 is 4.79 Å². The lowest BCUT2D eigenvalue weighted by Crippen LogP contribution is -2.36.